The fourth-order valence-corrected chi connectivity index (χ4v) is 2.39. The van der Waals surface area contributed by atoms with Gasteiger partial charge in [-0.1, -0.05) is 31.2 Å². The number of esters is 1. The minimum atomic E-state index is -0.134. The lowest BCUT2D eigenvalue weighted by Crippen LogP contribution is -2.24. The summed E-state index contributed by atoms with van der Waals surface area (Å²) in [6, 6.07) is 8.68. The van der Waals surface area contributed by atoms with Crippen molar-refractivity contribution in [1.82, 2.24) is 5.32 Å². The van der Waals surface area contributed by atoms with E-state index in [1.54, 1.807) is 0 Å². The predicted octanol–water partition coefficient (Wildman–Crippen LogP) is 3.17. The van der Waals surface area contributed by atoms with Crippen molar-refractivity contribution in [2.45, 2.75) is 45.1 Å². The summed E-state index contributed by atoms with van der Waals surface area (Å²) in [5.41, 5.74) is 2.60. The molecule has 1 unspecified atom stereocenters. The van der Waals surface area contributed by atoms with Crippen LogP contribution in [0.25, 0.3) is 0 Å². The number of benzene rings is 1. The Labute approximate surface area is 115 Å². The first-order chi connectivity index (χ1) is 9.24. The molecular weight excluding hydrogens is 238 g/mol. The summed E-state index contributed by atoms with van der Waals surface area (Å²) in [5, 5.41) is 3.37. The second-order valence-electron chi connectivity index (χ2n) is 5.06. The lowest BCUT2D eigenvalue weighted by molar-refractivity contribution is -0.143. The summed E-state index contributed by atoms with van der Waals surface area (Å²) in [7, 11) is 0. The van der Waals surface area contributed by atoms with E-state index in [0.717, 1.165) is 12.5 Å². The van der Waals surface area contributed by atoms with E-state index >= 15 is 0 Å². The van der Waals surface area contributed by atoms with Crippen LogP contribution in [-0.2, 0) is 9.53 Å². The third-order valence-corrected chi connectivity index (χ3v) is 3.49. The SMILES string of the molecule is CCNC(CC(=O)OCC)c1cccc(C2CC2)c1. The van der Waals surface area contributed by atoms with Crippen molar-refractivity contribution in [2.24, 2.45) is 0 Å². The molecule has 1 aromatic carbocycles. The number of ether oxygens (including phenoxy) is 1. The molecule has 1 fully saturated rings. The first-order valence-electron chi connectivity index (χ1n) is 7.23. The van der Waals surface area contributed by atoms with Crippen LogP contribution in [0.5, 0.6) is 0 Å². The molecule has 1 aliphatic rings. The van der Waals surface area contributed by atoms with Crippen LogP contribution in [0.15, 0.2) is 24.3 Å². The highest BCUT2D eigenvalue weighted by Crippen LogP contribution is 2.40. The number of nitrogens with one attached hydrogen (secondary N) is 1. The quantitative estimate of drug-likeness (QED) is 0.766. The van der Waals surface area contributed by atoms with E-state index in [1.165, 1.54) is 24.0 Å². The molecule has 0 aromatic heterocycles. The third-order valence-electron chi connectivity index (χ3n) is 3.49. The van der Waals surface area contributed by atoms with E-state index in [9.17, 15) is 4.79 Å². The highest BCUT2D eigenvalue weighted by Gasteiger charge is 2.24. The number of carbonyl (C=O) groups is 1. The van der Waals surface area contributed by atoms with Crippen LogP contribution in [0.2, 0.25) is 0 Å². The molecule has 0 saturated heterocycles. The maximum Gasteiger partial charge on any atom is 0.307 e. The zero-order valence-corrected chi connectivity index (χ0v) is 11.8. The van der Waals surface area contributed by atoms with Crippen molar-refractivity contribution in [1.29, 1.82) is 0 Å². The van der Waals surface area contributed by atoms with Gasteiger partial charge < -0.3 is 10.1 Å². The smallest absolute Gasteiger partial charge is 0.307 e. The zero-order valence-electron chi connectivity index (χ0n) is 11.8. The monoisotopic (exact) mass is 261 g/mol. The van der Waals surface area contributed by atoms with Crippen LogP contribution < -0.4 is 5.32 Å². The van der Waals surface area contributed by atoms with Crippen molar-refractivity contribution in [3.63, 3.8) is 0 Å². The predicted molar refractivity (Wildman–Crippen MR) is 76.1 cm³/mol. The summed E-state index contributed by atoms with van der Waals surface area (Å²) < 4.78 is 5.05. The van der Waals surface area contributed by atoms with Gasteiger partial charge in [-0.15, -0.1) is 0 Å². The molecule has 1 atom stereocenters. The molecule has 1 aliphatic carbocycles. The summed E-state index contributed by atoms with van der Waals surface area (Å²) in [6.45, 7) is 5.19. The van der Waals surface area contributed by atoms with Crippen LogP contribution in [0.3, 0.4) is 0 Å². The van der Waals surface area contributed by atoms with Gasteiger partial charge in [-0.25, -0.2) is 0 Å². The van der Waals surface area contributed by atoms with Crippen LogP contribution >= 0.6 is 0 Å². The maximum absolute atomic E-state index is 11.7. The lowest BCUT2D eigenvalue weighted by atomic mass is 9.99. The average Bonchev–Trinajstić information content (AvgIpc) is 3.23. The Kier molecular flexibility index (Phi) is 4.97. The standard InChI is InChI=1S/C16H23NO2/c1-3-17-15(11-16(18)19-4-2)14-7-5-6-13(10-14)12-8-9-12/h5-7,10,12,15,17H,3-4,8-9,11H2,1-2H3. The van der Waals surface area contributed by atoms with Crippen molar-refractivity contribution in [2.75, 3.05) is 13.2 Å². The molecule has 0 amide bonds. The van der Waals surface area contributed by atoms with Crippen molar-refractivity contribution < 1.29 is 9.53 Å². The van der Waals surface area contributed by atoms with E-state index < -0.39 is 0 Å². The van der Waals surface area contributed by atoms with Gasteiger partial charge in [0.1, 0.15) is 0 Å². The van der Waals surface area contributed by atoms with Crippen molar-refractivity contribution in [3.05, 3.63) is 35.4 Å². The first-order valence-corrected chi connectivity index (χ1v) is 7.23. The molecule has 0 aliphatic heterocycles. The van der Waals surface area contributed by atoms with E-state index in [1.807, 2.05) is 6.92 Å². The van der Waals surface area contributed by atoms with Crippen LogP contribution in [-0.4, -0.2) is 19.1 Å². The largest absolute Gasteiger partial charge is 0.466 e. The molecule has 19 heavy (non-hydrogen) atoms. The van der Waals surface area contributed by atoms with Gasteiger partial charge >= 0.3 is 5.97 Å². The minimum absolute atomic E-state index is 0.0581. The van der Waals surface area contributed by atoms with E-state index in [-0.39, 0.29) is 12.0 Å². The Morgan fingerprint density at radius 1 is 1.42 bits per heavy atom. The fourth-order valence-electron chi connectivity index (χ4n) is 2.39. The molecule has 0 heterocycles. The molecule has 0 spiro atoms. The molecule has 0 bridgehead atoms. The zero-order chi connectivity index (χ0) is 13.7. The molecule has 1 saturated carbocycles. The summed E-state index contributed by atoms with van der Waals surface area (Å²) in [6.07, 6.45) is 3.00. The van der Waals surface area contributed by atoms with Gasteiger partial charge in [-0.2, -0.15) is 0 Å². The van der Waals surface area contributed by atoms with Crippen LogP contribution in [0.1, 0.15) is 56.2 Å². The number of hydrogen-bond acceptors (Lipinski definition) is 3. The van der Waals surface area contributed by atoms with Gasteiger partial charge in [0.05, 0.1) is 13.0 Å². The van der Waals surface area contributed by atoms with Gasteiger partial charge in [0.15, 0.2) is 0 Å². The second kappa shape index (κ2) is 6.71. The normalized spacial score (nSPS) is 16.1. The molecule has 3 nitrogen and oxygen atoms in total. The fraction of sp³-hybridized carbons (Fsp3) is 0.562. The molecule has 0 radical (unpaired) electrons. The Morgan fingerprint density at radius 2 is 2.21 bits per heavy atom. The molecule has 3 heteroatoms. The molecule has 1 aromatic rings. The average molecular weight is 261 g/mol. The Balaban J connectivity index is 2.08. The third kappa shape index (κ3) is 4.06. The van der Waals surface area contributed by atoms with Crippen molar-refractivity contribution >= 4 is 5.97 Å². The van der Waals surface area contributed by atoms with E-state index in [4.69, 9.17) is 4.74 Å². The van der Waals surface area contributed by atoms with Gasteiger partial charge in [0, 0.05) is 6.04 Å². The van der Waals surface area contributed by atoms with Gasteiger partial charge in [0.25, 0.3) is 0 Å². The van der Waals surface area contributed by atoms with Crippen LogP contribution in [0.4, 0.5) is 0 Å². The Hall–Kier alpha value is -1.35. The summed E-state index contributed by atoms with van der Waals surface area (Å²) in [5.74, 6) is 0.607. The van der Waals surface area contributed by atoms with Gasteiger partial charge in [-0.05, 0) is 43.4 Å². The second-order valence-corrected chi connectivity index (χ2v) is 5.06. The highest BCUT2D eigenvalue weighted by atomic mass is 16.5. The van der Waals surface area contributed by atoms with Gasteiger partial charge in [-0.3, -0.25) is 4.79 Å². The van der Waals surface area contributed by atoms with E-state index in [0.29, 0.717) is 13.0 Å². The van der Waals surface area contributed by atoms with Gasteiger partial charge in [0.2, 0.25) is 0 Å². The molecule has 104 valence electrons. The highest BCUT2D eigenvalue weighted by molar-refractivity contribution is 5.70. The molecular formula is C16H23NO2. The summed E-state index contributed by atoms with van der Waals surface area (Å²) in [4.78, 5) is 11.7. The van der Waals surface area contributed by atoms with E-state index in [2.05, 4.69) is 36.5 Å². The Bertz CT molecular complexity index is 427. The molecule has 1 N–H and O–H groups in total. The topological polar surface area (TPSA) is 38.3 Å². The molecule has 2 rings (SSSR count). The Morgan fingerprint density at radius 3 is 2.84 bits per heavy atom. The number of hydrogen-bond donors (Lipinski definition) is 1. The summed E-state index contributed by atoms with van der Waals surface area (Å²) >= 11 is 0. The first kappa shape index (κ1) is 14.1. The minimum Gasteiger partial charge on any atom is -0.466 e. The van der Waals surface area contributed by atoms with Crippen LogP contribution in [0, 0.1) is 0 Å². The number of carbonyl (C=O) groups excluding carboxylic acids is 1. The number of rotatable bonds is 7. The lowest BCUT2D eigenvalue weighted by Gasteiger charge is -2.18. The maximum atomic E-state index is 11.7. The van der Waals surface area contributed by atoms with Crippen molar-refractivity contribution in [3.8, 4) is 0 Å².